The number of amides is 1. The van der Waals surface area contributed by atoms with E-state index >= 15 is 0 Å². The molecule has 0 aliphatic carbocycles. The van der Waals surface area contributed by atoms with Crippen LogP contribution in [0.5, 0.6) is 0 Å². The third-order valence-electron chi connectivity index (χ3n) is 5.99. The predicted molar refractivity (Wildman–Crippen MR) is 126 cm³/mol. The molecule has 2 N–H and O–H groups in total. The number of carbonyl (C=O) groups is 1. The van der Waals surface area contributed by atoms with Gasteiger partial charge in [0.1, 0.15) is 0 Å². The van der Waals surface area contributed by atoms with Crippen molar-refractivity contribution in [2.24, 2.45) is 7.05 Å². The maximum atomic E-state index is 13.3. The van der Waals surface area contributed by atoms with Gasteiger partial charge in [0.25, 0.3) is 5.91 Å². The lowest BCUT2D eigenvalue weighted by Gasteiger charge is -2.33. The second-order valence-electron chi connectivity index (χ2n) is 7.89. The smallest absolute Gasteiger partial charge is 0.253 e. The van der Waals surface area contributed by atoms with Crippen LogP contribution >= 0.6 is 23.2 Å². The second kappa shape index (κ2) is 9.43. The van der Waals surface area contributed by atoms with E-state index in [0.717, 1.165) is 36.2 Å². The Morgan fingerprint density at radius 2 is 2.00 bits per heavy atom. The van der Waals surface area contributed by atoms with Crippen LogP contribution in [0.4, 0.5) is 0 Å². The van der Waals surface area contributed by atoms with Crippen molar-refractivity contribution in [2.75, 3.05) is 13.1 Å². The van der Waals surface area contributed by atoms with Gasteiger partial charge in [0.2, 0.25) is 0 Å². The van der Waals surface area contributed by atoms with Gasteiger partial charge in [-0.2, -0.15) is 5.10 Å². The van der Waals surface area contributed by atoms with Gasteiger partial charge in [-0.1, -0.05) is 54.4 Å². The number of hydrogen-bond donors (Lipinski definition) is 2. The van der Waals surface area contributed by atoms with Crippen LogP contribution in [0, 0.1) is 0 Å². The molecule has 31 heavy (non-hydrogen) atoms. The highest BCUT2D eigenvalue weighted by atomic mass is 35.5. The summed E-state index contributed by atoms with van der Waals surface area (Å²) >= 11 is 12.8. The number of benzene rings is 2. The molecule has 1 saturated heterocycles. The van der Waals surface area contributed by atoms with E-state index in [1.165, 1.54) is 5.56 Å². The van der Waals surface area contributed by atoms with Crippen molar-refractivity contribution in [1.29, 1.82) is 0 Å². The normalized spacial score (nSPS) is 18.7. The Morgan fingerprint density at radius 3 is 2.74 bits per heavy atom. The second-order valence-corrected chi connectivity index (χ2v) is 8.71. The fourth-order valence-corrected chi connectivity index (χ4v) is 4.77. The topological polar surface area (TPSA) is 59.0 Å². The van der Waals surface area contributed by atoms with Crippen molar-refractivity contribution in [2.45, 2.75) is 31.7 Å². The van der Waals surface area contributed by atoms with Crippen LogP contribution in [0.2, 0.25) is 10.0 Å². The molecule has 7 heteroatoms. The Balaban J connectivity index is 1.61. The number of aryl methyl sites for hydroxylation is 2. The summed E-state index contributed by atoms with van der Waals surface area (Å²) < 4.78 is 1.81. The van der Waals surface area contributed by atoms with Crippen LogP contribution in [-0.2, 0) is 13.5 Å². The van der Waals surface area contributed by atoms with Gasteiger partial charge in [-0.25, -0.2) is 0 Å². The summed E-state index contributed by atoms with van der Waals surface area (Å²) in [7, 11) is 1.89. The molecule has 1 aromatic heterocycles. The molecular weight excluding hydrogens is 431 g/mol. The lowest BCUT2D eigenvalue weighted by molar-refractivity contribution is 0.0924. The van der Waals surface area contributed by atoms with E-state index in [4.69, 9.17) is 23.2 Å². The fraction of sp³-hybridized carbons (Fsp3) is 0.333. The number of carbonyl (C=O) groups excluding carboxylic acids is 1. The highest BCUT2D eigenvalue weighted by Gasteiger charge is 2.29. The van der Waals surface area contributed by atoms with Crippen LogP contribution in [0.1, 0.15) is 40.7 Å². The molecule has 0 unspecified atom stereocenters. The van der Waals surface area contributed by atoms with Crippen molar-refractivity contribution >= 4 is 29.1 Å². The third-order valence-corrected chi connectivity index (χ3v) is 6.65. The highest BCUT2D eigenvalue weighted by molar-refractivity contribution is 6.36. The van der Waals surface area contributed by atoms with Gasteiger partial charge in [-0.15, -0.1) is 0 Å². The van der Waals surface area contributed by atoms with Crippen LogP contribution in [0.25, 0.3) is 11.3 Å². The van der Waals surface area contributed by atoms with E-state index in [2.05, 4.69) is 22.7 Å². The molecule has 1 fully saturated rings. The minimum Gasteiger partial charge on any atom is -0.347 e. The van der Waals surface area contributed by atoms with Crippen LogP contribution < -0.4 is 10.6 Å². The Labute approximate surface area is 192 Å². The van der Waals surface area contributed by atoms with Gasteiger partial charge in [0.15, 0.2) is 0 Å². The molecule has 0 radical (unpaired) electrons. The summed E-state index contributed by atoms with van der Waals surface area (Å²) in [6.07, 6.45) is 3.63. The Kier molecular flexibility index (Phi) is 6.65. The summed E-state index contributed by atoms with van der Waals surface area (Å²) in [6, 6.07) is 13.4. The summed E-state index contributed by atoms with van der Waals surface area (Å²) in [5.74, 6) is 0.0490. The van der Waals surface area contributed by atoms with Gasteiger partial charge in [0.05, 0.1) is 22.5 Å². The number of aromatic nitrogens is 2. The van der Waals surface area contributed by atoms with Crippen molar-refractivity contribution in [3.8, 4) is 11.3 Å². The minimum absolute atomic E-state index is 0.0370. The minimum atomic E-state index is -0.167. The molecule has 2 aromatic carbocycles. The van der Waals surface area contributed by atoms with E-state index < -0.39 is 0 Å². The third kappa shape index (κ3) is 4.49. The molecule has 3 aromatic rings. The molecule has 4 rings (SSSR count). The van der Waals surface area contributed by atoms with Gasteiger partial charge in [-0.05, 0) is 48.7 Å². The largest absolute Gasteiger partial charge is 0.347 e. The lowest BCUT2D eigenvalue weighted by atomic mass is 9.86. The predicted octanol–water partition coefficient (Wildman–Crippen LogP) is 4.83. The molecule has 2 heterocycles. The first-order valence-electron chi connectivity index (χ1n) is 10.6. The lowest BCUT2D eigenvalue weighted by Crippen LogP contribution is -2.50. The van der Waals surface area contributed by atoms with Crippen LogP contribution in [0.3, 0.4) is 0 Å². The number of halogens is 2. The number of hydrogen-bond acceptors (Lipinski definition) is 3. The fourth-order valence-electron chi connectivity index (χ4n) is 4.34. The monoisotopic (exact) mass is 456 g/mol. The van der Waals surface area contributed by atoms with Gasteiger partial charge in [-0.3, -0.25) is 9.48 Å². The highest BCUT2D eigenvalue weighted by Crippen LogP contribution is 2.33. The van der Waals surface area contributed by atoms with E-state index in [1.807, 2.05) is 54.3 Å². The molecule has 0 spiro atoms. The zero-order chi connectivity index (χ0) is 22.0. The van der Waals surface area contributed by atoms with Crippen molar-refractivity contribution in [3.63, 3.8) is 0 Å². The quantitative estimate of drug-likeness (QED) is 0.577. The van der Waals surface area contributed by atoms with Crippen LogP contribution in [0.15, 0.2) is 48.7 Å². The van der Waals surface area contributed by atoms with Crippen molar-refractivity contribution in [3.05, 3.63) is 75.4 Å². The number of nitrogens with zero attached hydrogens (tertiary/aromatic N) is 2. The first kappa shape index (κ1) is 21.9. The molecule has 5 nitrogen and oxygen atoms in total. The maximum absolute atomic E-state index is 13.3. The first-order chi connectivity index (χ1) is 15.0. The Morgan fingerprint density at radius 1 is 1.23 bits per heavy atom. The molecule has 1 amide bonds. The summed E-state index contributed by atoms with van der Waals surface area (Å²) in [4.78, 5) is 13.3. The molecule has 0 saturated carbocycles. The average molecular weight is 457 g/mol. The summed E-state index contributed by atoms with van der Waals surface area (Å²) in [5, 5.41) is 12.1. The molecule has 0 bridgehead atoms. The van der Waals surface area contributed by atoms with E-state index in [0.29, 0.717) is 22.2 Å². The maximum Gasteiger partial charge on any atom is 0.253 e. The first-order valence-corrected chi connectivity index (χ1v) is 11.3. The van der Waals surface area contributed by atoms with E-state index in [9.17, 15) is 4.79 Å². The molecule has 1 aliphatic heterocycles. The average Bonchev–Trinajstić information content (AvgIpc) is 3.15. The number of rotatable bonds is 5. The molecule has 1 aliphatic rings. The van der Waals surface area contributed by atoms with Crippen molar-refractivity contribution < 1.29 is 4.79 Å². The van der Waals surface area contributed by atoms with Gasteiger partial charge < -0.3 is 10.6 Å². The SMILES string of the molecule is CCc1cnn(C)c1-c1cccc(C(=O)N[C@H]2CNCC[C@@H]2c2ccc(Cl)cc2)c1Cl. The zero-order valence-electron chi connectivity index (χ0n) is 17.7. The van der Waals surface area contributed by atoms with Crippen molar-refractivity contribution in [1.82, 2.24) is 20.4 Å². The van der Waals surface area contributed by atoms with E-state index in [-0.39, 0.29) is 17.9 Å². The molecule has 2 atom stereocenters. The molecule has 162 valence electrons. The standard InChI is InChI=1S/C24H26Cl2N4O/c1-3-15-13-28-30(2)23(15)19-5-4-6-20(22(19)26)24(31)29-21-14-27-12-11-18(21)16-7-9-17(25)10-8-16/h4-10,13,18,21,27H,3,11-12,14H2,1-2H3,(H,29,31)/t18-,21+/m1/s1. The Bertz CT molecular complexity index is 1080. The van der Waals surface area contributed by atoms with Crippen LogP contribution in [-0.4, -0.2) is 34.8 Å². The summed E-state index contributed by atoms with van der Waals surface area (Å²) in [6.45, 7) is 3.70. The summed E-state index contributed by atoms with van der Waals surface area (Å²) in [5.41, 5.74) is 4.52. The van der Waals surface area contributed by atoms with Gasteiger partial charge in [0, 0.05) is 36.1 Å². The number of piperidine rings is 1. The van der Waals surface area contributed by atoms with Gasteiger partial charge >= 0.3 is 0 Å². The zero-order valence-corrected chi connectivity index (χ0v) is 19.2. The molecular formula is C24H26Cl2N4O. The van der Waals surface area contributed by atoms with E-state index in [1.54, 1.807) is 6.07 Å². The Hall–Kier alpha value is -2.34. The number of nitrogens with one attached hydrogen (secondary N) is 2.